The fourth-order valence-electron chi connectivity index (χ4n) is 1.87. The van der Waals surface area contributed by atoms with E-state index in [1.807, 2.05) is 12.1 Å². The first-order valence-electron chi connectivity index (χ1n) is 6.14. The van der Waals surface area contributed by atoms with Gasteiger partial charge in [-0.15, -0.1) is 0 Å². The highest BCUT2D eigenvalue weighted by Gasteiger charge is 2.12. The van der Waals surface area contributed by atoms with E-state index in [0.717, 1.165) is 5.56 Å². The Kier molecular flexibility index (Phi) is 3.50. The largest absolute Gasteiger partial charge is 0.504 e. The number of halogens is 1. The summed E-state index contributed by atoms with van der Waals surface area (Å²) < 4.78 is 10.3. The van der Waals surface area contributed by atoms with E-state index in [2.05, 4.69) is 10.1 Å². The number of hydrogen-bond donors (Lipinski definition) is 1. The van der Waals surface area contributed by atoms with Crippen molar-refractivity contribution in [2.45, 2.75) is 0 Å². The van der Waals surface area contributed by atoms with Gasteiger partial charge in [0.1, 0.15) is 0 Å². The normalized spacial score (nSPS) is 10.6. The fraction of sp³-hybridized carbons (Fsp3) is 0.0667. The molecule has 2 aromatic carbocycles. The molecule has 0 aliphatic rings. The highest BCUT2D eigenvalue weighted by Crippen LogP contribution is 2.31. The van der Waals surface area contributed by atoms with Crippen molar-refractivity contribution in [2.75, 3.05) is 7.11 Å². The van der Waals surface area contributed by atoms with Crippen molar-refractivity contribution >= 4 is 11.6 Å². The number of benzene rings is 2. The maximum absolute atomic E-state index is 9.59. The molecule has 1 N–H and O–H groups in total. The monoisotopic (exact) mass is 302 g/mol. The van der Waals surface area contributed by atoms with E-state index in [9.17, 15) is 5.11 Å². The molecule has 0 saturated heterocycles. The highest BCUT2D eigenvalue weighted by atomic mass is 35.5. The Morgan fingerprint density at radius 1 is 1.10 bits per heavy atom. The van der Waals surface area contributed by atoms with Gasteiger partial charge in [-0.2, -0.15) is 4.98 Å². The van der Waals surface area contributed by atoms with Gasteiger partial charge in [0, 0.05) is 16.1 Å². The van der Waals surface area contributed by atoms with Crippen molar-refractivity contribution in [1.29, 1.82) is 0 Å². The zero-order valence-corrected chi connectivity index (χ0v) is 11.8. The molecule has 0 amide bonds. The Balaban J connectivity index is 1.96. The van der Waals surface area contributed by atoms with E-state index < -0.39 is 0 Å². The Morgan fingerprint density at radius 3 is 2.52 bits per heavy atom. The Hall–Kier alpha value is -2.53. The molecule has 0 aliphatic carbocycles. The van der Waals surface area contributed by atoms with Crippen molar-refractivity contribution in [3.63, 3.8) is 0 Å². The standard InChI is InChI=1S/C15H11ClN2O3/c1-20-13-8-10(4-7-12(13)19)15-17-14(18-21-15)9-2-5-11(16)6-3-9/h2-8,19H,1H3. The van der Waals surface area contributed by atoms with Crippen LogP contribution in [0, 0.1) is 0 Å². The van der Waals surface area contributed by atoms with Gasteiger partial charge in [-0.25, -0.2) is 0 Å². The minimum atomic E-state index is 0.0543. The maximum Gasteiger partial charge on any atom is 0.258 e. The second kappa shape index (κ2) is 5.46. The maximum atomic E-state index is 9.59. The number of nitrogens with zero attached hydrogens (tertiary/aromatic N) is 2. The fourth-order valence-corrected chi connectivity index (χ4v) is 1.99. The lowest BCUT2D eigenvalue weighted by Gasteiger charge is -2.03. The van der Waals surface area contributed by atoms with Crippen LogP contribution in [0.5, 0.6) is 11.5 Å². The van der Waals surface area contributed by atoms with Gasteiger partial charge in [0.05, 0.1) is 7.11 Å². The molecule has 0 aliphatic heterocycles. The van der Waals surface area contributed by atoms with Crippen LogP contribution in [0.15, 0.2) is 47.0 Å². The van der Waals surface area contributed by atoms with Crippen molar-refractivity contribution < 1.29 is 14.4 Å². The number of ether oxygens (including phenoxy) is 1. The molecule has 1 heterocycles. The summed E-state index contributed by atoms with van der Waals surface area (Å²) >= 11 is 5.85. The van der Waals surface area contributed by atoms with Crippen molar-refractivity contribution in [1.82, 2.24) is 10.1 Å². The average Bonchev–Trinajstić information content (AvgIpc) is 2.98. The van der Waals surface area contributed by atoms with E-state index in [1.165, 1.54) is 13.2 Å². The third-order valence-electron chi connectivity index (χ3n) is 2.96. The van der Waals surface area contributed by atoms with Gasteiger partial charge in [-0.05, 0) is 42.5 Å². The summed E-state index contributed by atoms with van der Waals surface area (Å²) in [7, 11) is 1.48. The molecule has 3 rings (SSSR count). The number of aromatic nitrogens is 2. The van der Waals surface area contributed by atoms with Gasteiger partial charge in [-0.3, -0.25) is 0 Å². The first-order valence-corrected chi connectivity index (χ1v) is 6.52. The summed E-state index contributed by atoms with van der Waals surface area (Å²) in [5, 5.41) is 14.2. The van der Waals surface area contributed by atoms with Crippen LogP contribution in [0.1, 0.15) is 0 Å². The van der Waals surface area contributed by atoms with E-state index in [1.54, 1.807) is 24.3 Å². The number of phenolic OH excluding ortho intramolecular Hbond substituents is 1. The molecule has 21 heavy (non-hydrogen) atoms. The SMILES string of the molecule is COc1cc(-c2nc(-c3ccc(Cl)cc3)no2)ccc1O. The van der Waals surface area contributed by atoms with Crippen LogP contribution < -0.4 is 4.74 Å². The van der Waals surface area contributed by atoms with Gasteiger partial charge in [-0.1, -0.05) is 16.8 Å². The Morgan fingerprint density at radius 2 is 1.81 bits per heavy atom. The molecule has 1 aromatic heterocycles. The molecule has 5 nitrogen and oxygen atoms in total. The molecule has 0 unspecified atom stereocenters. The van der Waals surface area contributed by atoms with Crippen LogP contribution in [0.4, 0.5) is 0 Å². The zero-order valence-electron chi connectivity index (χ0n) is 11.1. The highest BCUT2D eigenvalue weighted by molar-refractivity contribution is 6.30. The summed E-state index contributed by atoms with van der Waals surface area (Å²) in [6, 6.07) is 12.0. The summed E-state index contributed by atoms with van der Waals surface area (Å²) in [6.07, 6.45) is 0. The summed E-state index contributed by atoms with van der Waals surface area (Å²) in [6.45, 7) is 0. The molecule has 0 spiro atoms. The molecule has 0 bridgehead atoms. The second-order valence-corrected chi connectivity index (χ2v) is 4.75. The predicted molar refractivity (Wildman–Crippen MR) is 78.4 cm³/mol. The quantitative estimate of drug-likeness (QED) is 0.797. The van der Waals surface area contributed by atoms with Crippen LogP contribution in [0.3, 0.4) is 0 Å². The number of aromatic hydroxyl groups is 1. The molecule has 0 saturated carbocycles. The number of hydrogen-bond acceptors (Lipinski definition) is 5. The lowest BCUT2D eigenvalue weighted by atomic mass is 10.2. The van der Waals surface area contributed by atoms with E-state index in [-0.39, 0.29) is 5.75 Å². The topological polar surface area (TPSA) is 68.4 Å². The summed E-state index contributed by atoms with van der Waals surface area (Å²) in [5.41, 5.74) is 1.47. The molecule has 0 fully saturated rings. The first kappa shape index (κ1) is 13.5. The molecular formula is C15H11ClN2O3. The van der Waals surface area contributed by atoms with Crippen molar-refractivity contribution in [2.24, 2.45) is 0 Å². The van der Waals surface area contributed by atoms with Crippen LogP contribution in [-0.4, -0.2) is 22.4 Å². The molecule has 0 radical (unpaired) electrons. The van der Waals surface area contributed by atoms with E-state index >= 15 is 0 Å². The van der Waals surface area contributed by atoms with Crippen LogP contribution in [0.2, 0.25) is 5.02 Å². The smallest absolute Gasteiger partial charge is 0.258 e. The number of phenols is 1. The Labute approximate surface area is 125 Å². The first-order chi connectivity index (χ1) is 10.2. The number of rotatable bonds is 3. The van der Waals surface area contributed by atoms with Crippen LogP contribution >= 0.6 is 11.6 Å². The summed E-state index contributed by atoms with van der Waals surface area (Å²) in [5.74, 6) is 1.21. The van der Waals surface area contributed by atoms with Gasteiger partial charge in [0.25, 0.3) is 5.89 Å². The van der Waals surface area contributed by atoms with Gasteiger partial charge >= 0.3 is 0 Å². The van der Waals surface area contributed by atoms with Crippen molar-refractivity contribution in [3.05, 3.63) is 47.5 Å². The Bertz CT molecular complexity index is 769. The minimum Gasteiger partial charge on any atom is -0.504 e. The van der Waals surface area contributed by atoms with E-state index in [4.69, 9.17) is 20.9 Å². The van der Waals surface area contributed by atoms with Crippen molar-refractivity contribution in [3.8, 4) is 34.3 Å². The van der Waals surface area contributed by atoms with Crippen LogP contribution in [0.25, 0.3) is 22.8 Å². The van der Waals surface area contributed by atoms with E-state index in [0.29, 0.717) is 28.1 Å². The number of methoxy groups -OCH3 is 1. The average molecular weight is 303 g/mol. The lowest BCUT2D eigenvalue weighted by molar-refractivity contribution is 0.373. The van der Waals surface area contributed by atoms with Gasteiger partial charge in [0.2, 0.25) is 5.82 Å². The predicted octanol–water partition coefficient (Wildman–Crippen LogP) is 3.77. The van der Waals surface area contributed by atoms with Crippen LogP contribution in [-0.2, 0) is 0 Å². The van der Waals surface area contributed by atoms with Gasteiger partial charge in [0.15, 0.2) is 11.5 Å². The second-order valence-electron chi connectivity index (χ2n) is 4.32. The lowest BCUT2D eigenvalue weighted by Crippen LogP contribution is -1.85. The molecular weight excluding hydrogens is 292 g/mol. The van der Waals surface area contributed by atoms with Gasteiger partial charge < -0.3 is 14.4 Å². The summed E-state index contributed by atoms with van der Waals surface area (Å²) in [4.78, 5) is 4.33. The molecule has 6 heteroatoms. The minimum absolute atomic E-state index is 0.0543. The molecule has 3 aromatic rings. The third-order valence-corrected chi connectivity index (χ3v) is 3.21. The third kappa shape index (κ3) is 2.68. The molecule has 106 valence electrons. The molecule has 0 atom stereocenters. The zero-order chi connectivity index (χ0) is 14.8.